The number of anilines is 1. The van der Waals surface area contributed by atoms with Crippen molar-refractivity contribution in [2.24, 2.45) is 0 Å². The monoisotopic (exact) mass is 406 g/mol. The van der Waals surface area contributed by atoms with Gasteiger partial charge in [-0.2, -0.15) is 0 Å². The van der Waals surface area contributed by atoms with Crippen LogP contribution in [0.5, 0.6) is 0 Å². The molecule has 0 aliphatic carbocycles. The van der Waals surface area contributed by atoms with Crippen molar-refractivity contribution in [1.29, 1.82) is 0 Å². The number of hydroxylamine groups is 1. The summed E-state index contributed by atoms with van der Waals surface area (Å²) in [5, 5.41) is 12.1. The number of sulfone groups is 1. The van der Waals surface area contributed by atoms with Crippen molar-refractivity contribution in [1.82, 2.24) is 15.4 Å². The van der Waals surface area contributed by atoms with Gasteiger partial charge in [-0.3, -0.25) is 15.0 Å². The fourth-order valence-electron chi connectivity index (χ4n) is 3.20. The first-order chi connectivity index (χ1) is 13.4. The number of amides is 1. The van der Waals surface area contributed by atoms with Crippen molar-refractivity contribution in [3.05, 3.63) is 36.7 Å². The van der Waals surface area contributed by atoms with Gasteiger partial charge in [0.25, 0.3) is 5.91 Å². The molecule has 2 heterocycles. The minimum atomic E-state index is -4.05. The fourth-order valence-corrected chi connectivity index (χ4v) is 5.14. The third-order valence-electron chi connectivity index (χ3n) is 4.80. The van der Waals surface area contributed by atoms with Crippen LogP contribution in [0.25, 0.3) is 11.3 Å². The minimum absolute atomic E-state index is 0.000945. The molecule has 9 nitrogen and oxygen atoms in total. The van der Waals surface area contributed by atoms with E-state index in [2.05, 4.69) is 15.3 Å². The molecule has 150 valence electrons. The summed E-state index contributed by atoms with van der Waals surface area (Å²) >= 11 is 0. The van der Waals surface area contributed by atoms with E-state index >= 15 is 0 Å². The zero-order chi connectivity index (χ0) is 20.2. The molecule has 0 bridgehead atoms. The second-order valence-corrected chi connectivity index (χ2v) is 8.65. The molecular weight excluding hydrogens is 384 g/mol. The van der Waals surface area contributed by atoms with Crippen LogP contribution in [0.1, 0.15) is 19.8 Å². The van der Waals surface area contributed by atoms with Crippen molar-refractivity contribution < 1.29 is 23.2 Å². The lowest BCUT2D eigenvalue weighted by Crippen LogP contribution is -2.54. The van der Waals surface area contributed by atoms with E-state index in [1.165, 1.54) is 17.6 Å². The Labute approximate surface area is 163 Å². The van der Waals surface area contributed by atoms with E-state index in [-0.39, 0.29) is 31.0 Å². The second kappa shape index (κ2) is 8.21. The lowest BCUT2D eigenvalue weighted by atomic mass is 9.98. The number of rotatable bonds is 6. The molecule has 0 spiro atoms. The Kier molecular flexibility index (Phi) is 5.92. The molecule has 1 aromatic heterocycles. The summed E-state index contributed by atoms with van der Waals surface area (Å²) in [6.07, 6.45) is 3.15. The number of carbonyl (C=O) groups excluding carboxylic acids is 1. The standard InChI is InChI=1S/C18H22N4O5S/c1-2-19-16-12-20-15(11-21-16)13-3-5-14(6-4-13)28(25,26)18(17(23)22-24)7-9-27-10-8-18/h3-6,11-12,24H,2,7-10H2,1H3,(H,19,21)(H,22,23). The molecule has 3 rings (SSSR count). The zero-order valence-electron chi connectivity index (χ0n) is 15.4. The number of nitrogens with one attached hydrogen (secondary N) is 2. The maximum absolute atomic E-state index is 13.2. The van der Waals surface area contributed by atoms with Crippen molar-refractivity contribution in [2.45, 2.75) is 29.4 Å². The Hall–Kier alpha value is -2.56. The van der Waals surface area contributed by atoms with E-state index in [0.29, 0.717) is 17.1 Å². The van der Waals surface area contributed by atoms with Gasteiger partial charge < -0.3 is 10.1 Å². The maximum atomic E-state index is 13.2. The molecule has 1 saturated heterocycles. The number of aromatic nitrogens is 2. The SMILES string of the molecule is CCNc1cnc(-c2ccc(S(=O)(=O)C3(C(=O)NO)CCOCC3)cc2)cn1. The zero-order valence-corrected chi connectivity index (χ0v) is 16.2. The van der Waals surface area contributed by atoms with Gasteiger partial charge >= 0.3 is 0 Å². The Morgan fingerprint density at radius 2 is 1.86 bits per heavy atom. The number of ether oxygens (including phenoxy) is 1. The fraction of sp³-hybridized carbons (Fsp3) is 0.389. The third-order valence-corrected chi connectivity index (χ3v) is 7.32. The molecule has 1 aliphatic rings. The van der Waals surface area contributed by atoms with Gasteiger partial charge in [0.2, 0.25) is 0 Å². The summed E-state index contributed by atoms with van der Waals surface area (Å²) < 4.78 is 29.9. The van der Waals surface area contributed by atoms with Gasteiger partial charge in [-0.15, -0.1) is 0 Å². The molecule has 2 aromatic rings. The molecule has 28 heavy (non-hydrogen) atoms. The van der Waals surface area contributed by atoms with E-state index in [0.717, 1.165) is 6.54 Å². The first-order valence-corrected chi connectivity index (χ1v) is 10.4. The van der Waals surface area contributed by atoms with E-state index in [9.17, 15) is 13.2 Å². The summed E-state index contributed by atoms with van der Waals surface area (Å²) in [6, 6.07) is 6.11. The number of hydrogen-bond acceptors (Lipinski definition) is 8. The average molecular weight is 406 g/mol. The minimum Gasteiger partial charge on any atom is -0.381 e. The molecule has 0 unspecified atom stereocenters. The highest BCUT2D eigenvalue weighted by atomic mass is 32.2. The predicted octanol–water partition coefficient (Wildman–Crippen LogP) is 1.40. The first kappa shape index (κ1) is 20.2. The quantitative estimate of drug-likeness (QED) is 0.485. The summed E-state index contributed by atoms with van der Waals surface area (Å²) in [6.45, 7) is 2.93. The molecular formula is C18H22N4O5S. The van der Waals surface area contributed by atoms with Crippen molar-refractivity contribution >= 4 is 21.6 Å². The highest BCUT2D eigenvalue weighted by Crippen LogP contribution is 2.35. The molecule has 3 N–H and O–H groups in total. The van der Waals surface area contributed by atoms with Gasteiger partial charge in [0, 0.05) is 25.3 Å². The van der Waals surface area contributed by atoms with Gasteiger partial charge in [0.05, 0.1) is 23.0 Å². The Morgan fingerprint density at radius 3 is 2.39 bits per heavy atom. The van der Waals surface area contributed by atoms with Gasteiger partial charge in [0.1, 0.15) is 5.82 Å². The molecule has 1 aromatic carbocycles. The molecule has 1 amide bonds. The number of nitrogens with zero attached hydrogens (tertiary/aromatic N) is 2. The van der Waals surface area contributed by atoms with E-state index in [1.54, 1.807) is 24.5 Å². The topological polar surface area (TPSA) is 131 Å². The van der Waals surface area contributed by atoms with Crippen molar-refractivity contribution in [3.63, 3.8) is 0 Å². The Morgan fingerprint density at radius 1 is 1.18 bits per heavy atom. The third kappa shape index (κ3) is 3.58. The van der Waals surface area contributed by atoms with Gasteiger partial charge in [-0.25, -0.2) is 18.9 Å². The van der Waals surface area contributed by atoms with Crippen molar-refractivity contribution in [2.75, 3.05) is 25.1 Å². The van der Waals surface area contributed by atoms with Crippen LogP contribution in [0.2, 0.25) is 0 Å². The number of carbonyl (C=O) groups is 1. The molecule has 1 aliphatic heterocycles. The van der Waals surface area contributed by atoms with Crippen LogP contribution in [0, 0.1) is 0 Å². The molecule has 0 radical (unpaired) electrons. The molecule has 10 heteroatoms. The average Bonchev–Trinajstić information content (AvgIpc) is 2.74. The summed E-state index contributed by atoms with van der Waals surface area (Å²) in [7, 11) is -4.05. The maximum Gasteiger partial charge on any atom is 0.265 e. The lowest BCUT2D eigenvalue weighted by molar-refractivity contribution is -0.134. The first-order valence-electron chi connectivity index (χ1n) is 8.88. The van der Waals surface area contributed by atoms with Crippen LogP contribution >= 0.6 is 0 Å². The highest BCUT2D eigenvalue weighted by molar-refractivity contribution is 7.93. The van der Waals surface area contributed by atoms with Crippen LogP contribution in [-0.4, -0.2) is 54.0 Å². The van der Waals surface area contributed by atoms with Crippen LogP contribution in [-0.2, 0) is 19.4 Å². The van der Waals surface area contributed by atoms with Crippen molar-refractivity contribution in [3.8, 4) is 11.3 Å². The predicted molar refractivity (Wildman–Crippen MR) is 102 cm³/mol. The van der Waals surface area contributed by atoms with Crippen LogP contribution in [0.4, 0.5) is 5.82 Å². The summed E-state index contributed by atoms with van der Waals surface area (Å²) in [4.78, 5) is 20.8. The number of benzene rings is 1. The summed E-state index contributed by atoms with van der Waals surface area (Å²) in [5.41, 5.74) is 2.80. The Bertz CT molecular complexity index is 923. The van der Waals surface area contributed by atoms with Crippen LogP contribution < -0.4 is 10.8 Å². The highest BCUT2D eigenvalue weighted by Gasteiger charge is 2.52. The van der Waals surface area contributed by atoms with Crippen LogP contribution in [0.3, 0.4) is 0 Å². The van der Waals surface area contributed by atoms with E-state index < -0.39 is 20.5 Å². The summed E-state index contributed by atoms with van der Waals surface area (Å²) in [5.74, 6) is -0.285. The van der Waals surface area contributed by atoms with Gasteiger partial charge in [-0.1, -0.05) is 12.1 Å². The Balaban J connectivity index is 1.91. The van der Waals surface area contributed by atoms with Gasteiger partial charge in [0.15, 0.2) is 14.6 Å². The lowest BCUT2D eigenvalue weighted by Gasteiger charge is -2.34. The normalized spacial score (nSPS) is 16.4. The van der Waals surface area contributed by atoms with E-state index in [1.807, 2.05) is 6.92 Å². The smallest absolute Gasteiger partial charge is 0.265 e. The largest absolute Gasteiger partial charge is 0.381 e. The van der Waals surface area contributed by atoms with E-state index in [4.69, 9.17) is 9.94 Å². The second-order valence-electron chi connectivity index (χ2n) is 6.39. The molecule has 0 atom stereocenters. The molecule has 0 saturated carbocycles. The number of hydrogen-bond donors (Lipinski definition) is 3. The van der Waals surface area contributed by atoms with Gasteiger partial charge in [-0.05, 0) is 31.9 Å². The van der Waals surface area contributed by atoms with Crippen LogP contribution in [0.15, 0.2) is 41.6 Å². The molecule has 1 fully saturated rings.